The first kappa shape index (κ1) is 45.4. The van der Waals surface area contributed by atoms with Crippen molar-refractivity contribution in [1.82, 2.24) is 20.4 Å². The molecule has 0 saturated carbocycles. The molecule has 1 atom stereocenters. The van der Waals surface area contributed by atoms with Gasteiger partial charge < -0.3 is 41.7 Å². The van der Waals surface area contributed by atoms with Crippen molar-refractivity contribution in [2.75, 3.05) is 80.7 Å². The molecule has 1 unspecified atom stereocenters. The summed E-state index contributed by atoms with van der Waals surface area (Å²) in [6, 6.07) is 13.9. The lowest BCUT2D eigenvalue weighted by Gasteiger charge is -2.18. The molecule has 0 saturated heterocycles. The van der Waals surface area contributed by atoms with E-state index in [2.05, 4.69) is 79.6 Å². The number of rotatable bonds is 24. The molecule has 0 spiro atoms. The van der Waals surface area contributed by atoms with Gasteiger partial charge in [-0.2, -0.15) is 10.2 Å². The number of amides is 5. The Kier molecular flexibility index (Phi) is 19.0. The van der Waals surface area contributed by atoms with Crippen LogP contribution in [0.2, 0.25) is 0 Å². The highest BCUT2D eigenvalue weighted by atomic mass is 16.2. The summed E-state index contributed by atoms with van der Waals surface area (Å²) in [6.45, 7) is 15.8. The van der Waals surface area contributed by atoms with Gasteiger partial charge in [0.2, 0.25) is 12.5 Å². The molecule has 3 aromatic carbocycles. The number of Topliss-reactive ketones (excluding diaryl/α,β-unsaturated/α-hetero) is 1. The quantitative estimate of drug-likeness (QED) is 0.0307. The first-order chi connectivity index (χ1) is 27.5. The van der Waals surface area contributed by atoms with Crippen LogP contribution in [-0.2, 0) is 14.4 Å². The highest BCUT2D eigenvalue weighted by Gasteiger charge is 2.24. The Bertz CT molecular complexity index is 1810. The summed E-state index contributed by atoms with van der Waals surface area (Å²) in [5.41, 5.74) is 2.63. The molecule has 3 rings (SSSR count). The monoisotopic (exact) mass is 784 g/mol. The normalized spacial score (nSPS) is 11.6. The number of hydrogen-bond acceptors (Lipinski definition) is 11. The highest BCUT2D eigenvalue weighted by Crippen LogP contribution is 2.25. The molecule has 16 nitrogen and oxygen atoms in total. The van der Waals surface area contributed by atoms with Crippen molar-refractivity contribution < 1.29 is 28.8 Å². The lowest BCUT2D eigenvalue weighted by Crippen LogP contribution is -2.31. The fourth-order valence-corrected chi connectivity index (χ4v) is 5.81. The molecule has 5 amide bonds. The Morgan fingerprint density at radius 3 is 1.72 bits per heavy atom. The zero-order valence-electron chi connectivity index (χ0n) is 33.7. The number of carbonyl (C=O) groups is 6. The third kappa shape index (κ3) is 14.5. The van der Waals surface area contributed by atoms with Crippen LogP contribution in [0, 0.1) is 0 Å². The molecule has 0 fully saturated rings. The summed E-state index contributed by atoms with van der Waals surface area (Å²) < 4.78 is 0. The van der Waals surface area contributed by atoms with Crippen molar-refractivity contribution in [2.24, 2.45) is 10.2 Å². The number of benzene rings is 3. The van der Waals surface area contributed by atoms with E-state index < -0.39 is 23.6 Å². The van der Waals surface area contributed by atoms with E-state index in [-0.39, 0.29) is 39.9 Å². The van der Waals surface area contributed by atoms with Crippen LogP contribution in [0.3, 0.4) is 0 Å². The van der Waals surface area contributed by atoms with E-state index in [1.807, 2.05) is 0 Å². The Hall–Kier alpha value is -6.00. The number of nitrogens with one attached hydrogen (secondary N) is 6. The van der Waals surface area contributed by atoms with E-state index >= 15 is 0 Å². The zero-order valence-corrected chi connectivity index (χ0v) is 33.7. The summed E-state index contributed by atoms with van der Waals surface area (Å²) >= 11 is 0. The van der Waals surface area contributed by atoms with E-state index in [4.69, 9.17) is 0 Å². The van der Waals surface area contributed by atoms with Crippen LogP contribution < -0.4 is 31.9 Å². The number of carbonyl (C=O) groups excluding carboxylic acids is 6. The van der Waals surface area contributed by atoms with Gasteiger partial charge in [0.15, 0.2) is 5.78 Å². The molecular formula is C41H56N10O6. The van der Waals surface area contributed by atoms with Gasteiger partial charge >= 0.3 is 0 Å². The topological polar surface area (TPSA) is 206 Å². The Morgan fingerprint density at radius 2 is 1.23 bits per heavy atom. The fourth-order valence-electron chi connectivity index (χ4n) is 5.81. The number of anilines is 4. The summed E-state index contributed by atoms with van der Waals surface area (Å²) in [7, 11) is 1.68. The average Bonchev–Trinajstić information content (AvgIpc) is 3.21. The predicted octanol–water partition coefficient (Wildman–Crippen LogP) is 5.15. The molecule has 0 aromatic heterocycles. The Morgan fingerprint density at radius 1 is 0.667 bits per heavy atom. The lowest BCUT2D eigenvalue weighted by molar-refractivity contribution is -0.126. The summed E-state index contributed by atoms with van der Waals surface area (Å²) in [5.74, 6) is -2.50. The van der Waals surface area contributed by atoms with Gasteiger partial charge in [-0.15, -0.1) is 0 Å². The molecule has 0 aliphatic heterocycles. The standard InChI is InChI=1S/C41H56N10O6/c1-7-50(8-2)21-11-19-43-38(54)30-23-31(39(55)44-20-12-22-51(9-3)10-4)25-34(24-30)47-40(56)29-13-15-32(16-14-29)48-49-37(28(5)53)41(57)46-33-17-18-35(42-6)36(26-33)45-27-52/h13-18,23-27,37,42H,7-12,19-22H2,1-6H3,(H,43,54)(H,44,55)(H,45,52)(H,46,57)(H,47,56). The SMILES string of the molecule is CCN(CC)CCCNC(=O)c1cc(NC(=O)c2ccc(N=NC(C(C)=O)C(=O)Nc3ccc(NC)c(NC=O)c3)cc2)cc(C(=O)NCCCN(CC)CC)c1. The van der Waals surface area contributed by atoms with Crippen molar-refractivity contribution in [2.45, 2.75) is 53.5 Å². The first-order valence-corrected chi connectivity index (χ1v) is 19.3. The van der Waals surface area contributed by atoms with Gasteiger partial charge in [-0.05, 0) is 120 Å². The van der Waals surface area contributed by atoms with Gasteiger partial charge in [-0.1, -0.05) is 27.7 Å². The van der Waals surface area contributed by atoms with Gasteiger partial charge in [-0.3, -0.25) is 28.8 Å². The molecule has 0 radical (unpaired) electrons. The second-order valence-corrected chi connectivity index (χ2v) is 13.1. The molecule has 306 valence electrons. The molecule has 0 heterocycles. The molecule has 3 aromatic rings. The lowest BCUT2D eigenvalue weighted by atomic mass is 10.1. The van der Waals surface area contributed by atoms with E-state index in [9.17, 15) is 28.8 Å². The number of hydrogen-bond donors (Lipinski definition) is 6. The van der Waals surface area contributed by atoms with Crippen LogP contribution in [0.25, 0.3) is 0 Å². The maximum Gasteiger partial charge on any atom is 0.258 e. The van der Waals surface area contributed by atoms with Crippen molar-refractivity contribution in [3.63, 3.8) is 0 Å². The highest BCUT2D eigenvalue weighted by molar-refractivity contribution is 6.10. The molecule has 16 heteroatoms. The van der Waals surface area contributed by atoms with Crippen molar-refractivity contribution in [3.05, 3.63) is 77.4 Å². The fraction of sp³-hybridized carbons (Fsp3) is 0.415. The average molecular weight is 785 g/mol. The van der Waals surface area contributed by atoms with Crippen molar-refractivity contribution in [1.29, 1.82) is 0 Å². The third-order valence-corrected chi connectivity index (χ3v) is 9.20. The minimum atomic E-state index is -1.46. The van der Waals surface area contributed by atoms with Crippen molar-refractivity contribution in [3.8, 4) is 0 Å². The van der Waals surface area contributed by atoms with Gasteiger partial charge in [0, 0.05) is 48.2 Å². The number of ketones is 1. The second kappa shape index (κ2) is 23.8. The summed E-state index contributed by atoms with van der Waals surface area (Å²) in [5, 5.41) is 24.7. The minimum absolute atomic E-state index is 0.233. The van der Waals surface area contributed by atoms with E-state index in [1.54, 1.807) is 19.2 Å². The smallest absolute Gasteiger partial charge is 0.258 e. The predicted molar refractivity (Wildman–Crippen MR) is 224 cm³/mol. The van der Waals surface area contributed by atoms with Gasteiger partial charge in [0.1, 0.15) is 0 Å². The van der Waals surface area contributed by atoms with Crippen LogP contribution in [-0.4, -0.2) is 111 Å². The van der Waals surface area contributed by atoms with E-state index in [0.717, 1.165) is 52.1 Å². The Labute approximate surface area is 334 Å². The summed E-state index contributed by atoms with van der Waals surface area (Å²) in [6.07, 6.45) is 2.03. The van der Waals surface area contributed by atoms with Crippen LogP contribution in [0.5, 0.6) is 0 Å². The van der Waals surface area contributed by atoms with E-state index in [1.165, 1.54) is 55.5 Å². The second-order valence-electron chi connectivity index (χ2n) is 13.1. The maximum absolute atomic E-state index is 13.4. The first-order valence-electron chi connectivity index (χ1n) is 19.3. The third-order valence-electron chi connectivity index (χ3n) is 9.20. The minimum Gasteiger partial charge on any atom is -0.386 e. The zero-order chi connectivity index (χ0) is 41.7. The molecule has 0 aliphatic rings. The van der Waals surface area contributed by atoms with Gasteiger partial charge in [0.05, 0.1) is 17.1 Å². The largest absolute Gasteiger partial charge is 0.386 e. The maximum atomic E-state index is 13.4. The summed E-state index contributed by atoms with van der Waals surface area (Å²) in [4.78, 5) is 80.7. The van der Waals surface area contributed by atoms with Gasteiger partial charge in [0.25, 0.3) is 23.6 Å². The molecule has 0 aliphatic carbocycles. The molecule has 6 N–H and O–H groups in total. The number of azo groups is 1. The van der Waals surface area contributed by atoms with Crippen LogP contribution in [0.1, 0.15) is 78.5 Å². The van der Waals surface area contributed by atoms with Crippen LogP contribution in [0.4, 0.5) is 28.4 Å². The molecular weight excluding hydrogens is 729 g/mol. The van der Waals surface area contributed by atoms with Crippen molar-refractivity contribution >= 4 is 64.3 Å². The Balaban J connectivity index is 1.73. The van der Waals surface area contributed by atoms with Crippen LogP contribution >= 0.6 is 0 Å². The molecule has 0 bridgehead atoms. The van der Waals surface area contributed by atoms with Gasteiger partial charge in [-0.25, -0.2) is 0 Å². The molecule has 57 heavy (non-hydrogen) atoms. The van der Waals surface area contributed by atoms with Crippen LogP contribution in [0.15, 0.2) is 70.9 Å². The van der Waals surface area contributed by atoms with E-state index in [0.29, 0.717) is 36.6 Å². The number of nitrogens with zero attached hydrogens (tertiary/aromatic N) is 4.